The Morgan fingerprint density at radius 1 is 1.17 bits per heavy atom. The summed E-state index contributed by atoms with van der Waals surface area (Å²) in [6.07, 6.45) is -0.171. The number of ether oxygens (including phenoxy) is 4. The van der Waals surface area contributed by atoms with Crippen LogP contribution < -0.4 is 14.8 Å². The van der Waals surface area contributed by atoms with Crippen molar-refractivity contribution in [1.82, 2.24) is 10.2 Å². The van der Waals surface area contributed by atoms with Gasteiger partial charge in [0.25, 0.3) is 0 Å². The van der Waals surface area contributed by atoms with Crippen LogP contribution in [0.2, 0.25) is 0 Å². The van der Waals surface area contributed by atoms with Crippen molar-refractivity contribution < 1.29 is 37.3 Å². The molecule has 1 aromatic carbocycles. The third kappa shape index (κ3) is 9.73. The number of carbonyl (C=O) groups is 2. The van der Waals surface area contributed by atoms with Gasteiger partial charge in [-0.05, 0) is 44.9 Å². The third-order valence-electron chi connectivity index (χ3n) is 3.73. The zero-order chi connectivity index (χ0) is 22.7. The van der Waals surface area contributed by atoms with E-state index in [0.29, 0.717) is 6.42 Å². The largest absolute Gasteiger partial charge is 0.493 e. The monoisotopic (exact) mass is 432 g/mol. The molecule has 0 atom stereocenters. The Morgan fingerprint density at radius 2 is 1.87 bits per heavy atom. The Hall–Kier alpha value is -2.62. The van der Waals surface area contributed by atoms with Crippen LogP contribution in [-0.2, 0) is 20.7 Å². The topological polar surface area (TPSA) is 86.3 Å². The standard InChI is InChI=1S/C20H30F2N2O6/c1-20(2,3)30-19(26)24(10-11-27-4)13-17(25)23-9-8-14-6-7-15(29-18(21)22)16(12-14)28-5/h6-7,12,18H,8-11,13H2,1-5H3,(H,23,25). The first kappa shape index (κ1) is 25.4. The number of hydrogen-bond acceptors (Lipinski definition) is 6. The lowest BCUT2D eigenvalue weighted by molar-refractivity contribution is -0.122. The minimum atomic E-state index is -2.95. The Balaban J connectivity index is 2.60. The summed E-state index contributed by atoms with van der Waals surface area (Å²) in [6.45, 7) is 2.85. The van der Waals surface area contributed by atoms with Crippen molar-refractivity contribution >= 4 is 12.0 Å². The van der Waals surface area contributed by atoms with Gasteiger partial charge in [0.2, 0.25) is 5.91 Å². The van der Waals surface area contributed by atoms with E-state index in [4.69, 9.17) is 14.2 Å². The number of hydrogen-bond donors (Lipinski definition) is 1. The molecule has 0 heterocycles. The van der Waals surface area contributed by atoms with E-state index < -0.39 is 18.3 Å². The number of methoxy groups -OCH3 is 2. The Kier molecular flexibility index (Phi) is 10.3. The number of nitrogens with one attached hydrogen (secondary N) is 1. The van der Waals surface area contributed by atoms with Crippen LogP contribution in [0.15, 0.2) is 18.2 Å². The van der Waals surface area contributed by atoms with Crippen LogP contribution in [0, 0.1) is 0 Å². The van der Waals surface area contributed by atoms with Crippen molar-refractivity contribution in [1.29, 1.82) is 0 Å². The van der Waals surface area contributed by atoms with E-state index in [2.05, 4.69) is 10.1 Å². The normalized spacial score (nSPS) is 11.2. The molecule has 0 aromatic heterocycles. The SMILES string of the molecule is COCCN(CC(=O)NCCc1ccc(OC(F)F)c(OC)c1)C(=O)OC(C)(C)C. The van der Waals surface area contributed by atoms with Crippen LogP contribution in [-0.4, -0.2) is 69.6 Å². The molecular weight excluding hydrogens is 402 g/mol. The Labute approximate surface area is 175 Å². The molecule has 2 amide bonds. The van der Waals surface area contributed by atoms with E-state index in [1.54, 1.807) is 32.9 Å². The molecule has 0 saturated carbocycles. The number of amides is 2. The van der Waals surface area contributed by atoms with E-state index in [-0.39, 0.29) is 43.6 Å². The lowest BCUT2D eigenvalue weighted by Gasteiger charge is -2.26. The van der Waals surface area contributed by atoms with Crippen LogP contribution in [0.25, 0.3) is 0 Å². The van der Waals surface area contributed by atoms with Crippen LogP contribution in [0.1, 0.15) is 26.3 Å². The molecule has 0 spiro atoms. The number of halogens is 2. The van der Waals surface area contributed by atoms with E-state index in [1.165, 1.54) is 25.2 Å². The van der Waals surface area contributed by atoms with Crippen LogP contribution >= 0.6 is 0 Å². The maximum Gasteiger partial charge on any atom is 0.410 e. The molecule has 0 aliphatic heterocycles. The second-order valence-electron chi connectivity index (χ2n) is 7.36. The third-order valence-corrected chi connectivity index (χ3v) is 3.73. The molecule has 170 valence electrons. The van der Waals surface area contributed by atoms with Crippen molar-refractivity contribution in [2.24, 2.45) is 0 Å². The minimum absolute atomic E-state index is 0.0635. The van der Waals surface area contributed by atoms with E-state index >= 15 is 0 Å². The molecule has 1 rings (SSSR count). The smallest absolute Gasteiger partial charge is 0.410 e. The zero-order valence-electron chi connectivity index (χ0n) is 18.0. The molecule has 0 bridgehead atoms. The fraction of sp³-hybridized carbons (Fsp3) is 0.600. The highest BCUT2D eigenvalue weighted by molar-refractivity contribution is 5.82. The summed E-state index contributed by atoms with van der Waals surface area (Å²) >= 11 is 0. The number of nitrogens with zero attached hydrogens (tertiary/aromatic N) is 1. The van der Waals surface area contributed by atoms with Gasteiger partial charge in [-0.25, -0.2) is 4.79 Å². The first-order chi connectivity index (χ1) is 14.1. The molecular formula is C20H30F2N2O6. The number of alkyl halides is 2. The minimum Gasteiger partial charge on any atom is -0.493 e. The zero-order valence-corrected chi connectivity index (χ0v) is 18.0. The maximum atomic E-state index is 12.4. The first-order valence-corrected chi connectivity index (χ1v) is 9.41. The first-order valence-electron chi connectivity index (χ1n) is 9.41. The summed E-state index contributed by atoms with van der Waals surface area (Å²) in [5.74, 6) is -0.247. The van der Waals surface area contributed by atoms with Gasteiger partial charge in [0.05, 0.1) is 13.7 Å². The molecule has 10 heteroatoms. The summed E-state index contributed by atoms with van der Waals surface area (Å²) in [5, 5.41) is 2.72. The highest BCUT2D eigenvalue weighted by Crippen LogP contribution is 2.29. The fourth-order valence-electron chi connectivity index (χ4n) is 2.40. The van der Waals surface area contributed by atoms with Crippen molar-refractivity contribution in [3.63, 3.8) is 0 Å². The molecule has 0 radical (unpaired) electrons. The Bertz CT molecular complexity index is 694. The van der Waals surface area contributed by atoms with Gasteiger partial charge in [-0.2, -0.15) is 8.78 Å². The van der Waals surface area contributed by atoms with E-state index in [1.807, 2.05) is 0 Å². The van der Waals surface area contributed by atoms with Gasteiger partial charge in [0.15, 0.2) is 11.5 Å². The summed E-state index contributed by atoms with van der Waals surface area (Å²) < 4.78 is 44.5. The van der Waals surface area contributed by atoms with Gasteiger partial charge >= 0.3 is 12.7 Å². The predicted octanol–water partition coefficient (Wildman–Crippen LogP) is 2.84. The number of rotatable bonds is 11. The maximum absolute atomic E-state index is 12.4. The van der Waals surface area contributed by atoms with Crippen LogP contribution in [0.3, 0.4) is 0 Å². The highest BCUT2D eigenvalue weighted by Gasteiger charge is 2.23. The van der Waals surface area contributed by atoms with Gasteiger partial charge in [-0.1, -0.05) is 6.07 Å². The molecule has 1 N–H and O–H groups in total. The average Bonchev–Trinajstić information content (AvgIpc) is 2.64. The van der Waals surface area contributed by atoms with E-state index in [9.17, 15) is 18.4 Å². The molecule has 0 unspecified atom stereocenters. The van der Waals surface area contributed by atoms with Crippen LogP contribution in [0.4, 0.5) is 13.6 Å². The van der Waals surface area contributed by atoms with Crippen molar-refractivity contribution in [3.05, 3.63) is 23.8 Å². The molecule has 0 aliphatic carbocycles. The molecule has 30 heavy (non-hydrogen) atoms. The summed E-state index contributed by atoms with van der Waals surface area (Å²) in [5.41, 5.74) is 0.0788. The van der Waals surface area contributed by atoms with Gasteiger partial charge in [0.1, 0.15) is 12.1 Å². The predicted molar refractivity (Wildman–Crippen MR) is 106 cm³/mol. The Morgan fingerprint density at radius 3 is 2.43 bits per heavy atom. The molecule has 0 aliphatic rings. The van der Waals surface area contributed by atoms with Gasteiger partial charge < -0.3 is 24.3 Å². The van der Waals surface area contributed by atoms with E-state index in [0.717, 1.165) is 5.56 Å². The highest BCUT2D eigenvalue weighted by atomic mass is 19.3. The molecule has 0 saturated heterocycles. The van der Waals surface area contributed by atoms with Crippen LogP contribution in [0.5, 0.6) is 11.5 Å². The summed E-state index contributed by atoms with van der Waals surface area (Å²) in [4.78, 5) is 25.8. The lowest BCUT2D eigenvalue weighted by atomic mass is 10.1. The fourth-order valence-corrected chi connectivity index (χ4v) is 2.40. The average molecular weight is 432 g/mol. The molecule has 0 fully saturated rings. The lowest BCUT2D eigenvalue weighted by Crippen LogP contribution is -2.44. The van der Waals surface area contributed by atoms with Crippen molar-refractivity contribution in [2.45, 2.75) is 39.4 Å². The van der Waals surface area contributed by atoms with Gasteiger partial charge in [-0.3, -0.25) is 9.69 Å². The molecule has 8 nitrogen and oxygen atoms in total. The van der Waals surface area contributed by atoms with Crippen molar-refractivity contribution in [3.8, 4) is 11.5 Å². The van der Waals surface area contributed by atoms with Gasteiger partial charge in [-0.15, -0.1) is 0 Å². The number of carbonyl (C=O) groups excluding carboxylic acids is 2. The summed E-state index contributed by atoms with van der Waals surface area (Å²) in [6, 6.07) is 4.56. The van der Waals surface area contributed by atoms with Crippen molar-refractivity contribution in [2.75, 3.05) is 40.5 Å². The number of benzene rings is 1. The molecule has 1 aromatic rings. The quantitative estimate of drug-likeness (QED) is 0.579. The van der Waals surface area contributed by atoms with Gasteiger partial charge in [0, 0.05) is 20.2 Å². The second-order valence-corrected chi connectivity index (χ2v) is 7.36. The summed E-state index contributed by atoms with van der Waals surface area (Å²) in [7, 11) is 2.85. The second kappa shape index (κ2) is 12.2.